The lowest BCUT2D eigenvalue weighted by atomic mass is 10.00. The van der Waals surface area contributed by atoms with Crippen LogP contribution in [0.25, 0.3) is 6.08 Å². The van der Waals surface area contributed by atoms with Crippen LogP contribution in [0.4, 0.5) is 5.69 Å². The van der Waals surface area contributed by atoms with Crippen LogP contribution < -0.4 is 5.32 Å². The summed E-state index contributed by atoms with van der Waals surface area (Å²) < 4.78 is -0.0271. The van der Waals surface area contributed by atoms with Crippen molar-refractivity contribution in [3.8, 4) is 0 Å². The van der Waals surface area contributed by atoms with Gasteiger partial charge in [0.15, 0.2) is 0 Å². The molecule has 0 fully saturated rings. The molecule has 3 heteroatoms. The van der Waals surface area contributed by atoms with Crippen molar-refractivity contribution in [2.24, 2.45) is 0 Å². The van der Waals surface area contributed by atoms with Gasteiger partial charge in [-0.15, -0.1) is 0 Å². The monoisotopic (exact) mass is 251 g/mol. The van der Waals surface area contributed by atoms with E-state index in [9.17, 15) is 4.79 Å². The number of hydrogen-bond donors (Lipinski definition) is 1. The van der Waals surface area contributed by atoms with Crippen LogP contribution in [0.15, 0.2) is 29.8 Å². The lowest BCUT2D eigenvalue weighted by Gasteiger charge is -2.23. The Kier molecular flexibility index (Phi) is 2.42. The minimum Gasteiger partial charge on any atom is -0.371 e. The fourth-order valence-electron chi connectivity index (χ4n) is 1.59. The van der Waals surface area contributed by atoms with E-state index in [0.717, 1.165) is 16.8 Å². The van der Waals surface area contributed by atoms with E-state index in [1.54, 1.807) is 0 Å². The van der Waals surface area contributed by atoms with Gasteiger partial charge in [-0.05, 0) is 40.1 Å². The largest absolute Gasteiger partial charge is 0.371 e. The Morgan fingerprint density at radius 2 is 2.14 bits per heavy atom. The summed E-state index contributed by atoms with van der Waals surface area (Å²) in [6.45, 7) is 1.95. The normalized spacial score (nSPS) is 19.3. The first-order valence-electron chi connectivity index (χ1n) is 4.41. The summed E-state index contributed by atoms with van der Waals surface area (Å²) in [6.07, 6.45) is 2.04. The van der Waals surface area contributed by atoms with Crippen molar-refractivity contribution >= 4 is 32.4 Å². The lowest BCUT2D eigenvalue weighted by molar-refractivity contribution is -0.110. The van der Waals surface area contributed by atoms with Crippen LogP contribution in [-0.4, -0.2) is 10.7 Å². The number of fused-ring (bicyclic) bond motifs is 1. The molecule has 1 N–H and O–H groups in total. The Hall–Kier alpha value is -1.09. The maximum Gasteiger partial charge on any atom is 0.224 e. The van der Waals surface area contributed by atoms with Crippen LogP contribution in [-0.2, 0) is 4.79 Å². The number of hydrogen-bond acceptors (Lipinski definition) is 2. The summed E-state index contributed by atoms with van der Waals surface area (Å²) >= 11 is 2.99. The van der Waals surface area contributed by atoms with Gasteiger partial charge >= 0.3 is 0 Å². The van der Waals surface area contributed by atoms with E-state index < -0.39 is 0 Å². The maximum atomic E-state index is 11.2. The quantitative estimate of drug-likeness (QED) is 0.778. The summed E-state index contributed by atoms with van der Waals surface area (Å²) in [7, 11) is 0. The summed E-state index contributed by atoms with van der Waals surface area (Å²) in [5, 5.41) is 3.18. The molecule has 0 saturated carbocycles. The molecule has 0 saturated heterocycles. The second kappa shape index (κ2) is 3.58. The van der Waals surface area contributed by atoms with Crippen molar-refractivity contribution in [3.05, 3.63) is 35.4 Å². The first-order chi connectivity index (χ1) is 6.68. The van der Waals surface area contributed by atoms with Crippen LogP contribution in [0.3, 0.4) is 0 Å². The third kappa shape index (κ3) is 1.60. The zero-order valence-corrected chi connectivity index (χ0v) is 9.34. The highest BCUT2D eigenvalue weighted by Crippen LogP contribution is 2.27. The van der Waals surface area contributed by atoms with Crippen LogP contribution in [0.5, 0.6) is 0 Å². The third-order valence-electron chi connectivity index (χ3n) is 2.33. The number of carbonyl (C=O) groups is 1. The zero-order valence-electron chi connectivity index (χ0n) is 7.75. The second-order valence-corrected chi connectivity index (χ2v) is 4.14. The van der Waals surface area contributed by atoms with Gasteiger partial charge in [-0.2, -0.15) is 0 Å². The van der Waals surface area contributed by atoms with Gasteiger partial charge in [-0.1, -0.05) is 24.3 Å². The van der Waals surface area contributed by atoms with Gasteiger partial charge in [0.2, 0.25) is 4.69 Å². The molecular formula is C11H10BrNO. The fourth-order valence-corrected chi connectivity index (χ4v) is 2.06. The SMILES string of the molecule is CC1=Cc2ccccc2NC1C(=O)Br. The molecule has 0 radical (unpaired) electrons. The third-order valence-corrected chi connectivity index (χ3v) is 2.78. The molecule has 1 aliphatic heterocycles. The van der Waals surface area contributed by atoms with Crippen molar-refractivity contribution in [2.45, 2.75) is 13.0 Å². The Balaban J connectivity index is 2.43. The van der Waals surface area contributed by atoms with E-state index in [0.29, 0.717) is 0 Å². The highest BCUT2D eigenvalue weighted by molar-refractivity contribution is 9.18. The Labute approximate surface area is 91.1 Å². The van der Waals surface area contributed by atoms with E-state index >= 15 is 0 Å². The van der Waals surface area contributed by atoms with Crippen LogP contribution >= 0.6 is 15.9 Å². The predicted octanol–water partition coefficient (Wildman–Crippen LogP) is 2.81. The molecule has 1 unspecified atom stereocenters. The topological polar surface area (TPSA) is 29.1 Å². The van der Waals surface area contributed by atoms with Gasteiger partial charge in [0.05, 0.1) is 0 Å². The number of benzene rings is 1. The Morgan fingerprint density at radius 1 is 1.43 bits per heavy atom. The first-order valence-corrected chi connectivity index (χ1v) is 5.21. The molecule has 0 bridgehead atoms. The Morgan fingerprint density at radius 3 is 2.86 bits per heavy atom. The molecule has 1 aliphatic rings. The molecule has 72 valence electrons. The minimum absolute atomic E-state index is 0.0271. The molecule has 0 spiro atoms. The highest BCUT2D eigenvalue weighted by atomic mass is 79.9. The van der Waals surface area contributed by atoms with E-state index in [-0.39, 0.29) is 10.7 Å². The highest BCUT2D eigenvalue weighted by Gasteiger charge is 2.21. The zero-order chi connectivity index (χ0) is 10.1. The lowest BCUT2D eigenvalue weighted by Crippen LogP contribution is -2.29. The van der Waals surface area contributed by atoms with Gasteiger partial charge in [0.1, 0.15) is 6.04 Å². The second-order valence-electron chi connectivity index (χ2n) is 3.36. The Bertz CT molecular complexity index is 412. The van der Waals surface area contributed by atoms with Gasteiger partial charge in [0.25, 0.3) is 0 Å². The molecule has 0 aromatic heterocycles. The van der Waals surface area contributed by atoms with E-state index in [1.165, 1.54) is 0 Å². The summed E-state index contributed by atoms with van der Waals surface area (Å²) in [5.41, 5.74) is 3.18. The number of rotatable bonds is 1. The maximum absolute atomic E-state index is 11.2. The molecule has 2 nitrogen and oxygen atoms in total. The molecule has 2 rings (SSSR count). The van der Waals surface area contributed by atoms with Crippen molar-refractivity contribution in [1.82, 2.24) is 0 Å². The molecular weight excluding hydrogens is 242 g/mol. The average molecular weight is 252 g/mol. The van der Waals surface area contributed by atoms with Gasteiger partial charge < -0.3 is 5.32 Å². The number of carbonyl (C=O) groups excluding carboxylic acids is 1. The van der Waals surface area contributed by atoms with Crippen molar-refractivity contribution < 1.29 is 4.79 Å². The van der Waals surface area contributed by atoms with E-state index in [4.69, 9.17) is 0 Å². The smallest absolute Gasteiger partial charge is 0.224 e. The number of halogens is 1. The molecule has 14 heavy (non-hydrogen) atoms. The van der Waals surface area contributed by atoms with Crippen molar-refractivity contribution in [3.63, 3.8) is 0 Å². The minimum atomic E-state index is -0.232. The molecule has 1 atom stereocenters. The van der Waals surface area contributed by atoms with Gasteiger partial charge in [0, 0.05) is 5.69 Å². The van der Waals surface area contributed by atoms with Crippen LogP contribution in [0.2, 0.25) is 0 Å². The molecule has 1 aromatic rings. The summed E-state index contributed by atoms with van der Waals surface area (Å²) in [4.78, 5) is 11.2. The first kappa shape index (κ1) is 9.46. The molecule has 1 aromatic carbocycles. The van der Waals surface area contributed by atoms with E-state index in [1.807, 2.05) is 37.3 Å². The van der Waals surface area contributed by atoms with Crippen LogP contribution in [0.1, 0.15) is 12.5 Å². The molecule has 1 heterocycles. The summed E-state index contributed by atoms with van der Waals surface area (Å²) in [5.74, 6) is 0. The van der Waals surface area contributed by atoms with Crippen LogP contribution in [0, 0.1) is 0 Å². The van der Waals surface area contributed by atoms with Gasteiger partial charge in [-0.3, -0.25) is 4.79 Å². The predicted molar refractivity (Wildman–Crippen MR) is 61.4 cm³/mol. The standard InChI is InChI=1S/C11H10BrNO/c1-7-6-8-4-2-3-5-9(8)13-10(7)11(12)14/h2-6,10,13H,1H3. The molecule has 0 aliphatic carbocycles. The van der Waals surface area contributed by atoms with Gasteiger partial charge in [-0.25, -0.2) is 0 Å². The van der Waals surface area contributed by atoms with Crippen molar-refractivity contribution in [2.75, 3.05) is 5.32 Å². The van der Waals surface area contributed by atoms with Crippen molar-refractivity contribution in [1.29, 1.82) is 0 Å². The average Bonchev–Trinajstić information content (AvgIpc) is 2.16. The molecule has 0 amide bonds. The number of anilines is 1. The fraction of sp³-hybridized carbons (Fsp3) is 0.182. The number of nitrogens with one attached hydrogen (secondary N) is 1. The van der Waals surface area contributed by atoms with E-state index in [2.05, 4.69) is 21.2 Å². The number of para-hydroxylation sites is 1. The summed E-state index contributed by atoms with van der Waals surface area (Å²) in [6, 6.07) is 7.71.